The lowest BCUT2D eigenvalue weighted by atomic mass is 10.1. The van der Waals surface area contributed by atoms with Gasteiger partial charge in [-0.1, -0.05) is 0 Å². The standard InChI is InChI=1S/C31H32O14/c1-15(32)39-14-22-9-20(40-16(2)33)12-29(44-22)43-21-10-25(41-17(3)34)30-23(36)13-24(45-26(30)11-21)19-7-27(37-5)31(42-18(4)35)28(8-19)38-6/h7-8,10-11,13,20,22,29H,9,12,14H2,1-6H3/t20-,22-,29+/m0/s1. The third kappa shape index (κ3) is 8.29. The van der Waals surface area contributed by atoms with Crippen molar-refractivity contribution < 1.29 is 61.5 Å². The maximum atomic E-state index is 13.4. The summed E-state index contributed by atoms with van der Waals surface area (Å²) in [6.45, 7) is 4.84. The van der Waals surface area contributed by atoms with Gasteiger partial charge in [-0.25, -0.2) is 0 Å². The Bertz CT molecular complexity index is 1650. The number of methoxy groups -OCH3 is 2. The van der Waals surface area contributed by atoms with Crippen molar-refractivity contribution in [2.45, 2.75) is 59.0 Å². The van der Waals surface area contributed by atoms with Gasteiger partial charge in [-0.2, -0.15) is 0 Å². The third-order valence-corrected chi connectivity index (χ3v) is 6.41. The number of fused-ring (bicyclic) bond motifs is 1. The van der Waals surface area contributed by atoms with E-state index in [-0.39, 0.29) is 64.9 Å². The van der Waals surface area contributed by atoms with Crippen LogP contribution in [0.25, 0.3) is 22.3 Å². The summed E-state index contributed by atoms with van der Waals surface area (Å²) in [5, 5.41) is -0.0353. The molecule has 14 nitrogen and oxygen atoms in total. The first kappa shape index (κ1) is 32.8. The highest BCUT2D eigenvalue weighted by Gasteiger charge is 2.34. The highest BCUT2D eigenvalue weighted by atomic mass is 16.7. The number of hydrogen-bond acceptors (Lipinski definition) is 14. The van der Waals surface area contributed by atoms with E-state index < -0.39 is 47.8 Å². The molecule has 2 heterocycles. The van der Waals surface area contributed by atoms with Gasteiger partial charge in [0.15, 0.2) is 16.9 Å². The molecule has 45 heavy (non-hydrogen) atoms. The zero-order valence-corrected chi connectivity index (χ0v) is 25.5. The molecule has 0 bridgehead atoms. The van der Waals surface area contributed by atoms with E-state index in [1.54, 1.807) is 0 Å². The van der Waals surface area contributed by atoms with Gasteiger partial charge in [-0.15, -0.1) is 0 Å². The largest absolute Gasteiger partial charge is 0.493 e. The zero-order valence-electron chi connectivity index (χ0n) is 25.5. The summed E-state index contributed by atoms with van der Waals surface area (Å²) in [4.78, 5) is 60.0. The molecule has 3 aromatic rings. The van der Waals surface area contributed by atoms with Gasteiger partial charge in [-0.3, -0.25) is 24.0 Å². The fraction of sp³-hybridized carbons (Fsp3) is 0.387. The minimum absolute atomic E-state index is 0.00273. The van der Waals surface area contributed by atoms with Crippen molar-refractivity contribution in [2.24, 2.45) is 0 Å². The number of rotatable bonds is 10. The van der Waals surface area contributed by atoms with Crippen LogP contribution in [0.2, 0.25) is 0 Å². The molecule has 0 saturated carbocycles. The lowest BCUT2D eigenvalue weighted by Gasteiger charge is -2.34. The van der Waals surface area contributed by atoms with Gasteiger partial charge in [0.05, 0.1) is 20.3 Å². The summed E-state index contributed by atoms with van der Waals surface area (Å²) in [5.41, 5.74) is -0.203. The number of hydrogen-bond donors (Lipinski definition) is 0. The highest BCUT2D eigenvalue weighted by molar-refractivity contribution is 5.89. The molecule has 14 heteroatoms. The summed E-state index contributed by atoms with van der Waals surface area (Å²) in [6.07, 6.45) is -1.82. The Balaban J connectivity index is 1.77. The van der Waals surface area contributed by atoms with Crippen LogP contribution in [0.1, 0.15) is 40.5 Å². The van der Waals surface area contributed by atoms with Crippen LogP contribution in [0.3, 0.4) is 0 Å². The predicted octanol–water partition coefficient (Wildman–Crippen LogP) is 3.71. The lowest BCUT2D eigenvalue weighted by molar-refractivity contribution is -0.201. The van der Waals surface area contributed by atoms with Crippen molar-refractivity contribution in [1.29, 1.82) is 0 Å². The van der Waals surface area contributed by atoms with Gasteiger partial charge in [0.2, 0.25) is 12.0 Å². The molecule has 4 rings (SSSR count). The number of esters is 4. The van der Waals surface area contributed by atoms with Crippen LogP contribution in [0.15, 0.2) is 39.5 Å². The zero-order chi connectivity index (χ0) is 32.8. The van der Waals surface area contributed by atoms with E-state index in [2.05, 4.69) is 0 Å². The van der Waals surface area contributed by atoms with Crippen LogP contribution in [-0.2, 0) is 33.4 Å². The van der Waals surface area contributed by atoms with Crippen molar-refractivity contribution >= 4 is 34.8 Å². The summed E-state index contributed by atoms with van der Waals surface area (Å²) < 4.78 is 49.9. The molecule has 0 spiro atoms. The van der Waals surface area contributed by atoms with E-state index >= 15 is 0 Å². The molecule has 1 saturated heterocycles. The van der Waals surface area contributed by atoms with Gasteiger partial charge in [-0.05, 0) is 12.1 Å². The second-order valence-electron chi connectivity index (χ2n) is 9.98. The van der Waals surface area contributed by atoms with Crippen molar-refractivity contribution in [1.82, 2.24) is 0 Å². The molecular weight excluding hydrogens is 596 g/mol. The van der Waals surface area contributed by atoms with Gasteiger partial charge in [0.1, 0.15) is 40.9 Å². The molecule has 0 N–H and O–H groups in total. The number of benzene rings is 2. The fourth-order valence-corrected chi connectivity index (χ4v) is 4.75. The smallest absolute Gasteiger partial charge is 0.308 e. The van der Waals surface area contributed by atoms with E-state index in [1.165, 1.54) is 72.2 Å². The Hall–Kier alpha value is -5.11. The summed E-state index contributed by atoms with van der Waals surface area (Å²) in [6, 6.07) is 6.93. The average Bonchev–Trinajstić information content (AvgIpc) is 2.94. The van der Waals surface area contributed by atoms with Gasteiger partial charge in [0, 0.05) is 64.3 Å². The summed E-state index contributed by atoms with van der Waals surface area (Å²) >= 11 is 0. The van der Waals surface area contributed by atoms with E-state index in [0.717, 1.165) is 0 Å². The van der Waals surface area contributed by atoms with Gasteiger partial charge >= 0.3 is 23.9 Å². The topological polar surface area (TPSA) is 172 Å². The predicted molar refractivity (Wildman–Crippen MR) is 154 cm³/mol. The molecule has 2 aromatic carbocycles. The molecule has 1 aromatic heterocycles. The fourth-order valence-electron chi connectivity index (χ4n) is 4.75. The maximum absolute atomic E-state index is 13.4. The number of carbonyl (C=O) groups is 4. The molecule has 0 radical (unpaired) electrons. The van der Waals surface area contributed by atoms with E-state index in [1.807, 2.05) is 0 Å². The molecule has 240 valence electrons. The molecule has 0 aliphatic carbocycles. The number of carbonyl (C=O) groups excluding carboxylic acids is 4. The monoisotopic (exact) mass is 628 g/mol. The number of ether oxygens (including phenoxy) is 8. The van der Waals surface area contributed by atoms with Gasteiger partial charge in [0.25, 0.3) is 0 Å². The average molecular weight is 629 g/mol. The minimum Gasteiger partial charge on any atom is -0.493 e. The molecule has 3 atom stereocenters. The van der Waals surface area contributed by atoms with Crippen LogP contribution in [0.4, 0.5) is 0 Å². The molecule has 1 aliphatic rings. The highest BCUT2D eigenvalue weighted by Crippen LogP contribution is 2.42. The first-order valence-electron chi connectivity index (χ1n) is 13.7. The Kier molecular flexibility index (Phi) is 10.3. The van der Waals surface area contributed by atoms with Crippen LogP contribution >= 0.6 is 0 Å². The third-order valence-electron chi connectivity index (χ3n) is 6.41. The van der Waals surface area contributed by atoms with Crippen LogP contribution < -0.4 is 29.1 Å². The molecule has 0 unspecified atom stereocenters. The quantitative estimate of drug-likeness (QED) is 0.235. The van der Waals surface area contributed by atoms with E-state index in [9.17, 15) is 24.0 Å². The summed E-state index contributed by atoms with van der Waals surface area (Å²) in [5.74, 6) is -1.93. The SMILES string of the molecule is COc1cc(-c2cc(=O)c3c(OC(C)=O)cc(O[C@H]4C[C@@H](OC(C)=O)C[C@@H](COC(C)=O)O4)cc3o2)cc(OC)c1OC(C)=O. The second-order valence-corrected chi connectivity index (χ2v) is 9.98. The van der Waals surface area contributed by atoms with Crippen LogP contribution in [0, 0.1) is 0 Å². The Labute approximate surface area is 257 Å². The lowest BCUT2D eigenvalue weighted by Crippen LogP contribution is -2.42. The first-order chi connectivity index (χ1) is 21.4. The van der Waals surface area contributed by atoms with Gasteiger partial charge < -0.3 is 42.3 Å². The summed E-state index contributed by atoms with van der Waals surface area (Å²) in [7, 11) is 2.74. The van der Waals surface area contributed by atoms with Crippen molar-refractivity contribution in [3.05, 3.63) is 40.6 Å². The first-order valence-corrected chi connectivity index (χ1v) is 13.7. The normalized spacial score (nSPS) is 17.6. The molecular formula is C31H32O14. The Morgan fingerprint density at radius 2 is 1.47 bits per heavy atom. The minimum atomic E-state index is -0.983. The van der Waals surface area contributed by atoms with E-state index in [0.29, 0.717) is 5.56 Å². The molecule has 1 fully saturated rings. The van der Waals surface area contributed by atoms with Crippen molar-refractivity contribution in [2.75, 3.05) is 20.8 Å². The molecule has 1 aliphatic heterocycles. The molecule has 0 amide bonds. The van der Waals surface area contributed by atoms with Crippen LogP contribution in [-0.4, -0.2) is 63.2 Å². The Morgan fingerprint density at radius 3 is 2.04 bits per heavy atom. The second kappa shape index (κ2) is 14.1. The van der Waals surface area contributed by atoms with Crippen molar-refractivity contribution in [3.63, 3.8) is 0 Å². The van der Waals surface area contributed by atoms with Crippen molar-refractivity contribution in [3.8, 4) is 40.1 Å². The Morgan fingerprint density at radius 1 is 0.800 bits per heavy atom. The maximum Gasteiger partial charge on any atom is 0.308 e. The van der Waals surface area contributed by atoms with Crippen LogP contribution in [0.5, 0.6) is 28.7 Å². The van der Waals surface area contributed by atoms with E-state index in [4.69, 9.17) is 42.3 Å².